The van der Waals surface area contributed by atoms with E-state index in [4.69, 9.17) is 23.7 Å². The number of fused-ring (bicyclic) bond motifs is 3. The van der Waals surface area contributed by atoms with Gasteiger partial charge in [-0.3, -0.25) is 0 Å². The lowest BCUT2D eigenvalue weighted by molar-refractivity contribution is -0.345. The Labute approximate surface area is 131 Å². The molecule has 0 aromatic rings. The molecule has 4 atom stereocenters. The van der Waals surface area contributed by atoms with Crippen molar-refractivity contribution >= 4 is 0 Å². The highest BCUT2D eigenvalue weighted by Crippen LogP contribution is 2.49. The molecular formula is C17H26O5. The van der Waals surface area contributed by atoms with Gasteiger partial charge in [0.1, 0.15) is 18.3 Å². The monoisotopic (exact) mass is 310 g/mol. The molecule has 2 aliphatic carbocycles. The van der Waals surface area contributed by atoms with Crippen LogP contribution in [0.2, 0.25) is 0 Å². The van der Waals surface area contributed by atoms with Crippen LogP contribution < -0.4 is 0 Å². The second kappa shape index (κ2) is 5.15. The fourth-order valence-corrected chi connectivity index (χ4v) is 4.87. The lowest BCUT2D eigenvalue weighted by Gasteiger charge is -2.45. The van der Waals surface area contributed by atoms with E-state index < -0.39 is 5.79 Å². The minimum Gasteiger partial charge on any atom is -0.347 e. The Morgan fingerprint density at radius 2 is 1.27 bits per heavy atom. The molecule has 5 nitrogen and oxygen atoms in total. The van der Waals surface area contributed by atoms with Crippen LogP contribution in [0.5, 0.6) is 0 Å². The Morgan fingerprint density at radius 1 is 0.636 bits per heavy atom. The highest BCUT2D eigenvalue weighted by molar-refractivity contribution is 5.00. The minimum absolute atomic E-state index is 0.0295. The second-order valence-electron chi connectivity index (χ2n) is 7.58. The highest BCUT2D eigenvalue weighted by Gasteiger charge is 2.61. The van der Waals surface area contributed by atoms with Gasteiger partial charge in [0, 0.05) is 25.7 Å². The van der Waals surface area contributed by atoms with Gasteiger partial charge in [-0.2, -0.15) is 0 Å². The van der Waals surface area contributed by atoms with Crippen molar-refractivity contribution in [1.29, 1.82) is 0 Å². The van der Waals surface area contributed by atoms with Crippen LogP contribution in [0.3, 0.4) is 0 Å². The van der Waals surface area contributed by atoms with Gasteiger partial charge in [0.2, 0.25) is 0 Å². The molecule has 0 unspecified atom stereocenters. The molecule has 124 valence electrons. The number of hydrogen-bond acceptors (Lipinski definition) is 5. The van der Waals surface area contributed by atoms with Gasteiger partial charge in [-0.05, 0) is 25.7 Å². The second-order valence-corrected chi connectivity index (χ2v) is 7.58. The Bertz CT molecular complexity index is 427. The molecule has 5 aliphatic rings. The maximum absolute atomic E-state index is 6.43. The molecule has 3 heterocycles. The lowest BCUT2D eigenvalue weighted by atomic mass is 9.92. The van der Waals surface area contributed by atoms with Gasteiger partial charge in [-0.15, -0.1) is 0 Å². The van der Waals surface area contributed by atoms with Crippen molar-refractivity contribution in [3.63, 3.8) is 0 Å². The van der Waals surface area contributed by atoms with E-state index in [1.54, 1.807) is 0 Å². The van der Waals surface area contributed by atoms with Gasteiger partial charge < -0.3 is 23.7 Å². The molecule has 5 heteroatoms. The third-order valence-corrected chi connectivity index (χ3v) is 6.04. The Balaban J connectivity index is 1.33. The molecule has 0 bridgehead atoms. The standard InChI is InChI=1S/C17H26O5/c1-3-7-16(8-4-1)18-11-12-13(20-16)14-15(19-12)22-17(21-14)9-5-2-6-10-17/h12-15H,1-11H2/t12-,13+,14-,15+/m1/s1. The van der Waals surface area contributed by atoms with Crippen LogP contribution in [0.4, 0.5) is 0 Å². The van der Waals surface area contributed by atoms with Crippen molar-refractivity contribution in [3.05, 3.63) is 0 Å². The zero-order valence-corrected chi connectivity index (χ0v) is 13.1. The molecule has 3 saturated heterocycles. The Morgan fingerprint density at radius 3 is 2.00 bits per heavy atom. The van der Waals surface area contributed by atoms with Crippen LogP contribution >= 0.6 is 0 Å². The van der Waals surface area contributed by atoms with Gasteiger partial charge in [-0.1, -0.05) is 12.8 Å². The molecule has 5 fully saturated rings. The smallest absolute Gasteiger partial charge is 0.190 e. The van der Waals surface area contributed by atoms with Crippen LogP contribution in [-0.4, -0.2) is 42.8 Å². The molecule has 2 spiro atoms. The minimum atomic E-state index is -0.403. The summed E-state index contributed by atoms with van der Waals surface area (Å²) in [5.74, 6) is -0.788. The average molecular weight is 310 g/mol. The van der Waals surface area contributed by atoms with Crippen molar-refractivity contribution in [2.75, 3.05) is 6.61 Å². The van der Waals surface area contributed by atoms with E-state index in [1.807, 2.05) is 0 Å². The maximum Gasteiger partial charge on any atom is 0.190 e. The third kappa shape index (κ3) is 2.17. The fraction of sp³-hybridized carbons (Fsp3) is 1.00. The first-order valence-electron chi connectivity index (χ1n) is 9.11. The molecule has 0 amide bonds. The zero-order chi connectivity index (χ0) is 14.6. The molecule has 22 heavy (non-hydrogen) atoms. The van der Waals surface area contributed by atoms with Gasteiger partial charge in [0.25, 0.3) is 0 Å². The molecule has 0 radical (unpaired) electrons. The number of hydrogen-bond donors (Lipinski definition) is 0. The molecular weight excluding hydrogens is 284 g/mol. The Kier molecular flexibility index (Phi) is 3.32. The SMILES string of the molecule is C1CCC2(CC1)OC[C@H]1O[C@H]3OC4(CCCCC4)O[C@@H]3[C@H]1O2. The van der Waals surface area contributed by atoms with Crippen molar-refractivity contribution in [2.45, 2.75) is 100 Å². The summed E-state index contributed by atoms with van der Waals surface area (Å²) >= 11 is 0. The summed E-state index contributed by atoms with van der Waals surface area (Å²) in [6.45, 7) is 0.609. The van der Waals surface area contributed by atoms with E-state index in [2.05, 4.69) is 0 Å². The fourth-order valence-electron chi connectivity index (χ4n) is 4.87. The van der Waals surface area contributed by atoms with E-state index in [1.165, 1.54) is 38.5 Å². The van der Waals surface area contributed by atoms with E-state index >= 15 is 0 Å². The third-order valence-electron chi connectivity index (χ3n) is 6.04. The van der Waals surface area contributed by atoms with Crippen LogP contribution in [0.25, 0.3) is 0 Å². The van der Waals surface area contributed by atoms with Crippen molar-refractivity contribution in [3.8, 4) is 0 Å². The number of rotatable bonds is 0. The molecule has 2 saturated carbocycles. The molecule has 0 aromatic carbocycles. The topological polar surface area (TPSA) is 46.2 Å². The largest absolute Gasteiger partial charge is 0.347 e. The van der Waals surface area contributed by atoms with E-state index in [9.17, 15) is 0 Å². The summed E-state index contributed by atoms with van der Waals surface area (Å²) in [7, 11) is 0. The summed E-state index contributed by atoms with van der Waals surface area (Å²) in [6, 6.07) is 0. The highest BCUT2D eigenvalue weighted by atomic mass is 16.9. The summed E-state index contributed by atoms with van der Waals surface area (Å²) in [4.78, 5) is 0. The Hall–Kier alpha value is -0.200. The van der Waals surface area contributed by atoms with E-state index in [-0.39, 0.29) is 30.4 Å². The summed E-state index contributed by atoms with van der Waals surface area (Å²) in [5.41, 5.74) is 0. The van der Waals surface area contributed by atoms with Gasteiger partial charge >= 0.3 is 0 Å². The first kappa shape index (κ1) is 14.2. The predicted molar refractivity (Wildman–Crippen MR) is 77.1 cm³/mol. The van der Waals surface area contributed by atoms with E-state index in [0.717, 1.165) is 25.7 Å². The molecule has 0 aromatic heterocycles. The normalized spacial score (nSPS) is 45.8. The number of ether oxygens (including phenoxy) is 5. The van der Waals surface area contributed by atoms with Crippen molar-refractivity contribution in [2.24, 2.45) is 0 Å². The molecule has 5 rings (SSSR count). The first-order valence-corrected chi connectivity index (χ1v) is 9.11. The summed E-state index contributed by atoms with van der Waals surface area (Å²) in [5, 5.41) is 0. The quantitative estimate of drug-likeness (QED) is 0.688. The van der Waals surface area contributed by atoms with E-state index in [0.29, 0.717) is 6.61 Å². The summed E-state index contributed by atoms with van der Waals surface area (Å²) < 4.78 is 31.1. The van der Waals surface area contributed by atoms with Gasteiger partial charge in [-0.25, -0.2) is 0 Å². The van der Waals surface area contributed by atoms with Crippen molar-refractivity contribution in [1.82, 2.24) is 0 Å². The molecule has 0 N–H and O–H groups in total. The van der Waals surface area contributed by atoms with Crippen LogP contribution in [0, 0.1) is 0 Å². The average Bonchev–Trinajstić information content (AvgIpc) is 3.03. The zero-order valence-electron chi connectivity index (χ0n) is 13.1. The van der Waals surface area contributed by atoms with Crippen LogP contribution in [-0.2, 0) is 23.7 Å². The van der Waals surface area contributed by atoms with Gasteiger partial charge in [0.05, 0.1) is 6.61 Å². The maximum atomic E-state index is 6.43. The predicted octanol–water partition coefficient (Wildman–Crippen LogP) is 2.86. The van der Waals surface area contributed by atoms with Crippen LogP contribution in [0.1, 0.15) is 64.2 Å². The van der Waals surface area contributed by atoms with Gasteiger partial charge in [0.15, 0.2) is 17.9 Å². The summed E-state index contributed by atoms with van der Waals surface area (Å²) in [6.07, 6.45) is 10.9. The lowest BCUT2D eigenvalue weighted by Crippen LogP contribution is -2.54. The first-order chi connectivity index (χ1) is 10.8. The molecule has 3 aliphatic heterocycles. The van der Waals surface area contributed by atoms with Crippen molar-refractivity contribution < 1.29 is 23.7 Å². The van der Waals surface area contributed by atoms with Crippen LogP contribution in [0.15, 0.2) is 0 Å².